The fraction of sp³-hybridized carbons (Fsp3) is 0.176. The van der Waals surface area contributed by atoms with E-state index in [2.05, 4.69) is 26.4 Å². The monoisotopic (exact) mass is 426 g/mol. The second-order valence-corrected chi connectivity index (χ2v) is 6.09. The number of rotatable bonds is 7. The zero-order valence-corrected chi connectivity index (χ0v) is 15.7. The van der Waals surface area contributed by atoms with Gasteiger partial charge in [-0.2, -0.15) is 0 Å². The molecule has 0 bridgehead atoms. The molecule has 0 saturated heterocycles. The van der Waals surface area contributed by atoms with E-state index in [1.165, 1.54) is 6.21 Å². The van der Waals surface area contributed by atoms with Gasteiger partial charge in [-0.25, -0.2) is 0 Å². The smallest absolute Gasteiger partial charge is 0.262 e. The third-order valence-electron chi connectivity index (χ3n) is 3.03. The summed E-state index contributed by atoms with van der Waals surface area (Å²) in [4.78, 5) is 12.1. The highest BCUT2D eigenvalue weighted by Crippen LogP contribution is 2.36. The molecule has 0 aliphatic heterocycles. The van der Waals surface area contributed by atoms with Gasteiger partial charge in [0.15, 0.2) is 18.1 Å². The van der Waals surface area contributed by atoms with Gasteiger partial charge in [0.1, 0.15) is 0 Å². The first-order chi connectivity index (χ1) is 12.0. The van der Waals surface area contributed by atoms with Crippen molar-refractivity contribution in [1.29, 1.82) is 0 Å². The number of oxime groups is 1. The van der Waals surface area contributed by atoms with Crippen molar-refractivity contribution in [3.8, 4) is 11.5 Å². The van der Waals surface area contributed by atoms with Gasteiger partial charge in [-0.3, -0.25) is 4.79 Å². The lowest BCUT2D eigenvalue weighted by atomic mass is 10.2. The number of halogens is 2. The van der Waals surface area contributed by atoms with Gasteiger partial charge in [0.05, 0.1) is 28.0 Å². The van der Waals surface area contributed by atoms with Crippen molar-refractivity contribution in [2.45, 2.75) is 6.92 Å². The topological polar surface area (TPSA) is 80.2 Å². The predicted octanol–water partition coefficient (Wildman–Crippen LogP) is 4.33. The van der Waals surface area contributed by atoms with Crippen LogP contribution in [0.5, 0.6) is 11.5 Å². The minimum Gasteiger partial charge on any atom is -0.490 e. The highest BCUT2D eigenvalue weighted by Gasteiger charge is 2.14. The first-order valence-corrected chi connectivity index (χ1v) is 8.53. The summed E-state index contributed by atoms with van der Waals surface area (Å²) in [5.41, 5.74) is 1.13. The van der Waals surface area contributed by atoms with Crippen LogP contribution in [0.2, 0.25) is 5.02 Å². The van der Waals surface area contributed by atoms with Crippen LogP contribution in [0, 0.1) is 0 Å². The average molecular weight is 428 g/mol. The number of carbonyl (C=O) groups excluding carboxylic acids is 1. The molecule has 0 aromatic heterocycles. The summed E-state index contributed by atoms with van der Waals surface area (Å²) < 4.78 is 11.7. The number of para-hydroxylation sites is 1. The Morgan fingerprint density at radius 1 is 1.36 bits per heavy atom. The van der Waals surface area contributed by atoms with Gasteiger partial charge in [0.25, 0.3) is 5.91 Å². The van der Waals surface area contributed by atoms with Crippen molar-refractivity contribution in [1.82, 2.24) is 0 Å². The fourth-order valence-electron chi connectivity index (χ4n) is 2.02. The molecule has 25 heavy (non-hydrogen) atoms. The summed E-state index contributed by atoms with van der Waals surface area (Å²) >= 11 is 9.37. The van der Waals surface area contributed by atoms with E-state index in [9.17, 15) is 4.79 Å². The maximum atomic E-state index is 12.1. The van der Waals surface area contributed by atoms with Crippen LogP contribution in [0.1, 0.15) is 12.5 Å². The van der Waals surface area contributed by atoms with E-state index in [4.69, 9.17) is 26.3 Å². The van der Waals surface area contributed by atoms with Gasteiger partial charge in [0, 0.05) is 5.56 Å². The lowest BCUT2D eigenvalue weighted by molar-refractivity contribution is -0.118. The first kappa shape index (κ1) is 19.1. The lowest BCUT2D eigenvalue weighted by Crippen LogP contribution is -2.20. The van der Waals surface area contributed by atoms with E-state index >= 15 is 0 Å². The number of hydrogen-bond donors (Lipinski definition) is 2. The van der Waals surface area contributed by atoms with Crippen molar-refractivity contribution in [3.05, 3.63) is 51.5 Å². The molecule has 0 aliphatic carbocycles. The molecule has 0 saturated carbocycles. The molecular formula is C17H16BrClN2O4. The molecule has 0 radical (unpaired) electrons. The van der Waals surface area contributed by atoms with Crippen LogP contribution < -0.4 is 14.8 Å². The summed E-state index contributed by atoms with van der Waals surface area (Å²) in [6.07, 6.45) is 1.27. The summed E-state index contributed by atoms with van der Waals surface area (Å²) in [5.74, 6) is 0.451. The first-order valence-electron chi connectivity index (χ1n) is 7.36. The number of hydrogen-bond acceptors (Lipinski definition) is 5. The number of nitrogens with zero attached hydrogens (tertiary/aromatic N) is 1. The van der Waals surface area contributed by atoms with Crippen molar-refractivity contribution in [2.24, 2.45) is 5.16 Å². The van der Waals surface area contributed by atoms with Gasteiger partial charge in [-0.15, -0.1) is 0 Å². The lowest BCUT2D eigenvalue weighted by Gasteiger charge is -2.14. The van der Waals surface area contributed by atoms with Gasteiger partial charge < -0.3 is 20.0 Å². The van der Waals surface area contributed by atoms with Gasteiger partial charge >= 0.3 is 0 Å². The Hall–Kier alpha value is -2.25. The third-order valence-corrected chi connectivity index (χ3v) is 3.95. The Morgan fingerprint density at radius 2 is 2.12 bits per heavy atom. The highest BCUT2D eigenvalue weighted by molar-refractivity contribution is 9.10. The van der Waals surface area contributed by atoms with Crippen LogP contribution in [-0.4, -0.2) is 30.5 Å². The number of anilines is 1. The number of carbonyl (C=O) groups is 1. The Labute approximate surface area is 158 Å². The zero-order chi connectivity index (χ0) is 18.2. The standard InChI is InChI=1S/C17H16BrClN2O4/c1-2-24-15-8-11(9-20-23)7-12(18)17(15)25-10-16(22)21-14-6-4-3-5-13(14)19/h3-9,23H,2,10H2,1H3,(H,21,22)/b20-9+. The molecule has 2 N–H and O–H groups in total. The summed E-state index contributed by atoms with van der Waals surface area (Å²) in [6, 6.07) is 10.3. The molecule has 0 atom stereocenters. The Bertz CT molecular complexity index is 783. The molecule has 0 aliphatic rings. The summed E-state index contributed by atoms with van der Waals surface area (Å²) in [5, 5.41) is 14.8. The van der Waals surface area contributed by atoms with Crippen molar-refractivity contribution >= 4 is 45.3 Å². The molecule has 132 valence electrons. The van der Waals surface area contributed by atoms with Crippen LogP contribution in [0.15, 0.2) is 46.0 Å². The van der Waals surface area contributed by atoms with Crippen LogP contribution in [0.4, 0.5) is 5.69 Å². The Kier molecular flexibility index (Phi) is 7.09. The van der Waals surface area contributed by atoms with E-state index in [0.29, 0.717) is 38.9 Å². The fourth-order valence-corrected chi connectivity index (χ4v) is 2.78. The summed E-state index contributed by atoms with van der Waals surface area (Å²) in [6.45, 7) is 2.01. The molecule has 0 heterocycles. The molecule has 0 unspecified atom stereocenters. The second kappa shape index (κ2) is 9.29. The van der Waals surface area contributed by atoms with Gasteiger partial charge in [-0.1, -0.05) is 28.9 Å². The zero-order valence-electron chi connectivity index (χ0n) is 13.3. The predicted molar refractivity (Wildman–Crippen MR) is 100 cm³/mol. The highest BCUT2D eigenvalue weighted by atomic mass is 79.9. The number of benzene rings is 2. The third kappa shape index (κ3) is 5.37. The second-order valence-electron chi connectivity index (χ2n) is 4.82. The maximum Gasteiger partial charge on any atom is 0.262 e. The Balaban J connectivity index is 2.11. The molecule has 0 fully saturated rings. The molecule has 6 nitrogen and oxygen atoms in total. The Morgan fingerprint density at radius 3 is 2.80 bits per heavy atom. The van der Waals surface area contributed by atoms with Gasteiger partial charge in [0.2, 0.25) is 0 Å². The van der Waals surface area contributed by atoms with E-state index < -0.39 is 0 Å². The molecule has 1 amide bonds. The van der Waals surface area contributed by atoms with E-state index in [-0.39, 0.29) is 12.5 Å². The van der Waals surface area contributed by atoms with Gasteiger partial charge in [-0.05, 0) is 47.1 Å². The minimum atomic E-state index is -0.358. The van der Waals surface area contributed by atoms with Crippen LogP contribution in [0.3, 0.4) is 0 Å². The molecular weight excluding hydrogens is 412 g/mol. The van der Waals surface area contributed by atoms with E-state index in [0.717, 1.165) is 0 Å². The maximum absolute atomic E-state index is 12.1. The van der Waals surface area contributed by atoms with E-state index in [1.54, 1.807) is 36.4 Å². The van der Waals surface area contributed by atoms with Crippen molar-refractivity contribution in [2.75, 3.05) is 18.5 Å². The number of amides is 1. The molecule has 2 rings (SSSR count). The molecule has 8 heteroatoms. The normalized spacial score (nSPS) is 10.7. The van der Waals surface area contributed by atoms with Crippen LogP contribution in [-0.2, 0) is 4.79 Å². The molecule has 0 spiro atoms. The quantitative estimate of drug-likeness (QED) is 0.392. The SMILES string of the molecule is CCOc1cc(/C=N/O)cc(Br)c1OCC(=O)Nc1ccccc1Cl. The largest absolute Gasteiger partial charge is 0.490 e. The van der Waals surface area contributed by atoms with Crippen LogP contribution >= 0.6 is 27.5 Å². The van der Waals surface area contributed by atoms with Crippen LogP contribution in [0.25, 0.3) is 0 Å². The minimum absolute atomic E-state index is 0.225. The number of ether oxygens (including phenoxy) is 2. The molecule has 2 aromatic carbocycles. The van der Waals surface area contributed by atoms with E-state index in [1.807, 2.05) is 6.92 Å². The average Bonchev–Trinajstić information content (AvgIpc) is 2.57. The van der Waals surface area contributed by atoms with Crippen molar-refractivity contribution in [3.63, 3.8) is 0 Å². The number of nitrogens with one attached hydrogen (secondary N) is 1. The molecule has 2 aromatic rings. The summed E-state index contributed by atoms with van der Waals surface area (Å²) in [7, 11) is 0. The van der Waals surface area contributed by atoms with Crippen molar-refractivity contribution < 1.29 is 19.5 Å².